The summed E-state index contributed by atoms with van der Waals surface area (Å²) in [5.41, 5.74) is 5.05. The maximum atomic E-state index is 12.6. The van der Waals surface area contributed by atoms with Gasteiger partial charge in [-0.15, -0.1) is 0 Å². The molecule has 2 heterocycles. The lowest BCUT2D eigenvalue weighted by Gasteiger charge is -2.40. The summed E-state index contributed by atoms with van der Waals surface area (Å²) in [6, 6.07) is 11.0. The van der Waals surface area contributed by atoms with Crippen LogP contribution in [0.15, 0.2) is 30.3 Å². The minimum atomic E-state index is 0.296. The molecule has 0 saturated carbocycles. The highest BCUT2D eigenvalue weighted by molar-refractivity contribution is 5.78. The van der Waals surface area contributed by atoms with Crippen LogP contribution in [-0.2, 0) is 11.2 Å². The average Bonchev–Trinajstić information content (AvgIpc) is 3.02. The Balaban J connectivity index is 1.36. The molecule has 2 aromatic rings. The molecule has 0 N–H and O–H groups in total. The summed E-state index contributed by atoms with van der Waals surface area (Å²) in [6.07, 6.45) is 2.88. The molecule has 1 amide bonds. The highest BCUT2D eigenvalue weighted by atomic mass is 16.2. The van der Waals surface area contributed by atoms with E-state index in [1.54, 1.807) is 0 Å². The van der Waals surface area contributed by atoms with E-state index in [-0.39, 0.29) is 0 Å². The molecule has 0 radical (unpaired) electrons. The lowest BCUT2D eigenvalue weighted by Crippen LogP contribution is -2.51. The molecule has 120 valence electrons. The van der Waals surface area contributed by atoms with Gasteiger partial charge in [-0.05, 0) is 49.8 Å². The number of aryl methyl sites for hydroxylation is 3. The van der Waals surface area contributed by atoms with Crippen LogP contribution in [0.3, 0.4) is 0 Å². The van der Waals surface area contributed by atoms with E-state index in [9.17, 15) is 4.79 Å². The molecular formula is C19H23N3O. The van der Waals surface area contributed by atoms with Crippen molar-refractivity contribution in [1.82, 2.24) is 14.7 Å². The van der Waals surface area contributed by atoms with Gasteiger partial charge in [0, 0.05) is 25.2 Å². The van der Waals surface area contributed by atoms with Crippen molar-refractivity contribution in [3.8, 4) is 0 Å². The molecule has 0 bridgehead atoms. The van der Waals surface area contributed by atoms with E-state index in [1.165, 1.54) is 16.8 Å². The summed E-state index contributed by atoms with van der Waals surface area (Å²) in [7, 11) is 0. The van der Waals surface area contributed by atoms with Gasteiger partial charge < -0.3 is 4.90 Å². The molecule has 23 heavy (non-hydrogen) atoms. The fourth-order valence-electron chi connectivity index (χ4n) is 4.03. The molecule has 0 unspecified atom stereocenters. The number of carbonyl (C=O) groups excluding carboxylic acids is 1. The Bertz CT molecular complexity index is 743. The van der Waals surface area contributed by atoms with Gasteiger partial charge in [-0.25, -0.2) is 0 Å². The topological polar surface area (TPSA) is 38.1 Å². The van der Waals surface area contributed by atoms with E-state index in [0.29, 0.717) is 24.3 Å². The van der Waals surface area contributed by atoms with Gasteiger partial charge in [0.25, 0.3) is 0 Å². The molecule has 1 aromatic heterocycles. The molecule has 4 rings (SSSR count). The van der Waals surface area contributed by atoms with Crippen LogP contribution in [0.25, 0.3) is 0 Å². The van der Waals surface area contributed by atoms with E-state index in [1.807, 2.05) is 11.8 Å². The Labute approximate surface area is 137 Å². The van der Waals surface area contributed by atoms with Crippen LogP contribution in [0.2, 0.25) is 0 Å². The second-order valence-electron chi connectivity index (χ2n) is 6.96. The third kappa shape index (κ3) is 2.56. The SMILES string of the molecule is Cc1cc(C)n(C2CN(C(=O)C[C@H]3CCc4ccccc43)C2)n1. The molecule has 1 atom stereocenters. The number of fused-ring (bicyclic) bond motifs is 1. The molecule has 1 fully saturated rings. The molecule has 4 heteroatoms. The van der Waals surface area contributed by atoms with Crippen molar-refractivity contribution in [2.75, 3.05) is 13.1 Å². The van der Waals surface area contributed by atoms with Crippen LogP contribution in [0, 0.1) is 13.8 Å². The van der Waals surface area contributed by atoms with Gasteiger partial charge in [-0.3, -0.25) is 9.48 Å². The third-order valence-corrected chi connectivity index (χ3v) is 5.28. The summed E-state index contributed by atoms with van der Waals surface area (Å²) in [6.45, 7) is 5.70. The number of amides is 1. The second kappa shape index (κ2) is 5.52. The van der Waals surface area contributed by atoms with Crippen LogP contribution in [-0.4, -0.2) is 33.7 Å². The van der Waals surface area contributed by atoms with Crippen molar-refractivity contribution in [2.45, 2.75) is 45.1 Å². The van der Waals surface area contributed by atoms with Crippen molar-refractivity contribution in [1.29, 1.82) is 0 Å². The first-order valence-electron chi connectivity index (χ1n) is 8.50. The minimum absolute atomic E-state index is 0.296. The molecule has 1 saturated heterocycles. The number of aromatic nitrogens is 2. The Morgan fingerprint density at radius 2 is 2.04 bits per heavy atom. The van der Waals surface area contributed by atoms with E-state index in [4.69, 9.17) is 0 Å². The van der Waals surface area contributed by atoms with E-state index in [2.05, 4.69) is 47.0 Å². The quantitative estimate of drug-likeness (QED) is 0.874. The molecule has 2 aliphatic rings. The Morgan fingerprint density at radius 3 is 2.78 bits per heavy atom. The molecule has 1 aliphatic carbocycles. The van der Waals surface area contributed by atoms with Crippen molar-refractivity contribution in [2.24, 2.45) is 0 Å². The molecule has 0 spiro atoms. The number of hydrogen-bond acceptors (Lipinski definition) is 2. The largest absolute Gasteiger partial charge is 0.338 e. The maximum absolute atomic E-state index is 12.6. The van der Waals surface area contributed by atoms with E-state index < -0.39 is 0 Å². The molecule has 1 aliphatic heterocycles. The van der Waals surface area contributed by atoms with Gasteiger partial charge in [0.15, 0.2) is 0 Å². The van der Waals surface area contributed by atoms with Crippen LogP contribution < -0.4 is 0 Å². The molecular weight excluding hydrogens is 286 g/mol. The van der Waals surface area contributed by atoms with Gasteiger partial charge in [0.1, 0.15) is 0 Å². The Morgan fingerprint density at radius 1 is 1.26 bits per heavy atom. The molecule has 4 nitrogen and oxygen atoms in total. The Kier molecular flexibility index (Phi) is 3.47. The summed E-state index contributed by atoms with van der Waals surface area (Å²) in [5, 5.41) is 4.54. The van der Waals surface area contributed by atoms with Crippen LogP contribution in [0.5, 0.6) is 0 Å². The van der Waals surface area contributed by atoms with Gasteiger partial charge in [-0.1, -0.05) is 24.3 Å². The van der Waals surface area contributed by atoms with Gasteiger partial charge in [-0.2, -0.15) is 5.10 Å². The number of rotatable bonds is 3. The van der Waals surface area contributed by atoms with Gasteiger partial charge in [0.05, 0.1) is 11.7 Å². The Hall–Kier alpha value is -2.10. The van der Waals surface area contributed by atoms with E-state index >= 15 is 0 Å². The zero-order chi connectivity index (χ0) is 16.0. The second-order valence-corrected chi connectivity index (χ2v) is 6.96. The first-order valence-corrected chi connectivity index (χ1v) is 8.50. The first kappa shape index (κ1) is 14.5. The van der Waals surface area contributed by atoms with Crippen molar-refractivity contribution < 1.29 is 4.79 Å². The van der Waals surface area contributed by atoms with Crippen molar-refractivity contribution >= 4 is 5.91 Å². The average molecular weight is 309 g/mol. The van der Waals surface area contributed by atoms with Gasteiger partial charge in [0.2, 0.25) is 5.91 Å². The number of likely N-dealkylation sites (tertiary alicyclic amines) is 1. The van der Waals surface area contributed by atoms with Crippen LogP contribution in [0.1, 0.15) is 47.3 Å². The summed E-state index contributed by atoms with van der Waals surface area (Å²) >= 11 is 0. The van der Waals surface area contributed by atoms with Crippen LogP contribution in [0.4, 0.5) is 0 Å². The summed E-state index contributed by atoms with van der Waals surface area (Å²) in [4.78, 5) is 14.5. The highest BCUT2D eigenvalue weighted by Crippen LogP contribution is 2.36. The smallest absolute Gasteiger partial charge is 0.223 e. The summed E-state index contributed by atoms with van der Waals surface area (Å²) < 4.78 is 2.07. The fraction of sp³-hybridized carbons (Fsp3) is 0.474. The number of benzene rings is 1. The lowest BCUT2D eigenvalue weighted by molar-refractivity contribution is -0.137. The lowest BCUT2D eigenvalue weighted by atomic mass is 9.96. The van der Waals surface area contributed by atoms with Gasteiger partial charge >= 0.3 is 0 Å². The zero-order valence-corrected chi connectivity index (χ0v) is 13.8. The third-order valence-electron chi connectivity index (χ3n) is 5.28. The predicted octanol–water partition coefficient (Wildman–Crippen LogP) is 3.00. The molecule has 1 aromatic carbocycles. The number of hydrogen-bond donors (Lipinski definition) is 0. The number of carbonyl (C=O) groups is 1. The maximum Gasteiger partial charge on any atom is 0.223 e. The first-order chi connectivity index (χ1) is 11.1. The number of nitrogens with zero attached hydrogens (tertiary/aromatic N) is 3. The zero-order valence-electron chi connectivity index (χ0n) is 13.8. The van der Waals surface area contributed by atoms with Crippen LogP contribution >= 0.6 is 0 Å². The van der Waals surface area contributed by atoms with E-state index in [0.717, 1.165) is 31.6 Å². The fourth-order valence-corrected chi connectivity index (χ4v) is 4.03. The standard InChI is InChI=1S/C19H23N3O/c1-13-9-14(2)22(20-13)17-11-21(12-17)19(23)10-16-8-7-15-5-3-4-6-18(15)16/h3-6,9,16-17H,7-8,10-12H2,1-2H3/t16-/m1/s1. The summed E-state index contributed by atoms with van der Waals surface area (Å²) in [5.74, 6) is 0.705. The van der Waals surface area contributed by atoms with Crippen molar-refractivity contribution in [3.05, 3.63) is 52.8 Å². The monoisotopic (exact) mass is 309 g/mol. The highest BCUT2D eigenvalue weighted by Gasteiger charge is 2.35. The minimum Gasteiger partial charge on any atom is -0.338 e. The normalized spacial score (nSPS) is 20.4. The van der Waals surface area contributed by atoms with Crippen molar-refractivity contribution in [3.63, 3.8) is 0 Å². The predicted molar refractivity (Wildman–Crippen MR) is 89.4 cm³/mol.